The predicted molar refractivity (Wildman–Crippen MR) is 224 cm³/mol. The highest BCUT2D eigenvalue weighted by Gasteiger charge is 2.40. The van der Waals surface area contributed by atoms with E-state index in [0.29, 0.717) is 67.3 Å². The number of carbonyl (C=O) groups is 5. The van der Waals surface area contributed by atoms with Crippen molar-refractivity contribution in [2.45, 2.75) is 58.7 Å². The van der Waals surface area contributed by atoms with Crippen LogP contribution in [0.2, 0.25) is 5.02 Å². The van der Waals surface area contributed by atoms with Gasteiger partial charge in [-0.15, -0.1) is 21.5 Å². The first-order valence-corrected chi connectivity index (χ1v) is 21.2. The summed E-state index contributed by atoms with van der Waals surface area (Å²) in [6, 6.07) is 11.2. The zero-order valence-electron chi connectivity index (χ0n) is 34.1. The molecule has 17 nitrogen and oxygen atoms in total. The molecule has 322 valence electrons. The number of hydrogen-bond donors (Lipinski definition) is 3. The number of ether oxygens (including phenoxy) is 4. The second-order valence-corrected chi connectivity index (χ2v) is 16.3. The quantitative estimate of drug-likeness (QED) is 0.0921. The number of nitrogens with one attached hydrogen (secondary N) is 3. The Morgan fingerprint density at radius 2 is 1.59 bits per heavy atom. The van der Waals surface area contributed by atoms with Crippen molar-refractivity contribution in [1.29, 1.82) is 0 Å². The molecule has 2 aromatic carbocycles. The normalized spacial score (nSPS) is 17.0. The monoisotopic (exact) mass is 874 g/mol. The van der Waals surface area contributed by atoms with Gasteiger partial charge in [0.2, 0.25) is 17.7 Å². The lowest BCUT2D eigenvalue weighted by molar-refractivity contribution is -0.137. The number of aromatic nitrogens is 3. The number of piperidine rings is 1. The number of nitrogens with zero attached hydrogens (tertiary/aromatic N) is 5. The molecule has 0 radical (unpaired) electrons. The van der Waals surface area contributed by atoms with E-state index >= 15 is 0 Å². The molecule has 2 atom stereocenters. The summed E-state index contributed by atoms with van der Waals surface area (Å²) >= 11 is 7.87. The van der Waals surface area contributed by atoms with Gasteiger partial charge in [0.05, 0.1) is 58.3 Å². The summed E-state index contributed by atoms with van der Waals surface area (Å²) in [5.74, 6) is 0.00603. The maximum atomic E-state index is 13.2. The molecule has 1 fully saturated rings. The third-order valence-electron chi connectivity index (χ3n) is 10.5. The second kappa shape index (κ2) is 19.9. The van der Waals surface area contributed by atoms with Crippen molar-refractivity contribution >= 4 is 58.2 Å². The number of amides is 5. The minimum atomic E-state index is -0.740. The number of halogens is 1. The minimum absolute atomic E-state index is 0.0792. The lowest BCUT2D eigenvalue weighted by Crippen LogP contribution is -2.52. The number of imide groups is 1. The molecule has 0 aliphatic carbocycles. The lowest BCUT2D eigenvalue weighted by atomic mass is 9.99. The molecule has 5 amide bonds. The zero-order valence-corrected chi connectivity index (χ0v) is 35.7. The highest BCUT2D eigenvalue weighted by Crippen LogP contribution is 2.40. The Morgan fingerprint density at radius 1 is 0.902 bits per heavy atom. The molecular weight excluding hydrogens is 828 g/mol. The van der Waals surface area contributed by atoms with E-state index in [1.54, 1.807) is 29.5 Å². The van der Waals surface area contributed by atoms with Gasteiger partial charge in [-0.3, -0.25) is 38.8 Å². The first-order chi connectivity index (χ1) is 29.5. The number of rotatable bonds is 19. The Labute approximate surface area is 361 Å². The van der Waals surface area contributed by atoms with Gasteiger partial charge >= 0.3 is 0 Å². The molecule has 61 heavy (non-hydrogen) atoms. The summed E-state index contributed by atoms with van der Waals surface area (Å²) in [7, 11) is 0. The smallest absolute Gasteiger partial charge is 0.258 e. The van der Waals surface area contributed by atoms with Crippen LogP contribution in [0.1, 0.15) is 74.4 Å². The fraction of sp³-hybridized carbons (Fsp3) is 0.429. The average Bonchev–Trinajstić information content (AvgIpc) is 3.85. The molecule has 0 spiro atoms. The van der Waals surface area contributed by atoms with Crippen molar-refractivity contribution < 1.29 is 42.9 Å². The topological polar surface area (TPSA) is 205 Å². The fourth-order valence-corrected chi connectivity index (χ4v) is 8.67. The molecule has 5 heterocycles. The van der Waals surface area contributed by atoms with Crippen molar-refractivity contribution in [3.63, 3.8) is 0 Å². The molecular formula is C42H47ClN8O9S. The Morgan fingerprint density at radius 3 is 2.30 bits per heavy atom. The first kappa shape index (κ1) is 43.6. The van der Waals surface area contributed by atoms with Crippen LogP contribution >= 0.6 is 22.9 Å². The van der Waals surface area contributed by atoms with Gasteiger partial charge in [0.1, 0.15) is 28.7 Å². The highest BCUT2D eigenvalue weighted by atomic mass is 35.5. The zero-order chi connectivity index (χ0) is 43.0. The number of carbonyl (C=O) groups excluding carboxylic acids is 5. The third-order valence-corrected chi connectivity index (χ3v) is 12.0. The molecule has 0 bridgehead atoms. The summed E-state index contributed by atoms with van der Waals surface area (Å²) in [4.78, 5) is 70.3. The number of aryl methyl sites for hydroxylation is 2. The van der Waals surface area contributed by atoms with E-state index in [1.165, 1.54) is 9.78 Å². The minimum Gasteiger partial charge on any atom is -0.483 e. The number of hydrogen-bond acceptors (Lipinski definition) is 13. The van der Waals surface area contributed by atoms with Crippen molar-refractivity contribution in [3.05, 3.63) is 91.8 Å². The third kappa shape index (κ3) is 10.2. The Balaban J connectivity index is 0.753. The van der Waals surface area contributed by atoms with Crippen molar-refractivity contribution in [3.8, 4) is 10.8 Å². The van der Waals surface area contributed by atoms with E-state index in [1.807, 2.05) is 35.8 Å². The van der Waals surface area contributed by atoms with Crippen molar-refractivity contribution in [2.24, 2.45) is 4.99 Å². The summed E-state index contributed by atoms with van der Waals surface area (Å²) in [6.45, 7) is 8.41. The molecule has 7 rings (SSSR count). The van der Waals surface area contributed by atoms with Crippen LogP contribution in [-0.4, -0.2) is 120 Å². The molecule has 19 heteroatoms. The van der Waals surface area contributed by atoms with Gasteiger partial charge in [-0.1, -0.05) is 29.8 Å². The van der Waals surface area contributed by atoms with Crippen LogP contribution in [0.25, 0.3) is 5.00 Å². The Kier molecular flexibility index (Phi) is 14.2. The van der Waals surface area contributed by atoms with Crippen LogP contribution < -0.4 is 20.7 Å². The van der Waals surface area contributed by atoms with Crippen LogP contribution in [0.3, 0.4) is 0 Å². The lowest BCUT2D eigenvalue weighted by Gasteiger charge is -2.29. The van der Waals surface area contributed by atoms with Gasteiger partial charge in [-0.05, 0) is 57.0 Å². The van der Waals surface area contributed by atoms with E-state index in [9.17, 15) is 24.0 Å². The van der Waals surface area contributed by atoms with Crippen molar-refractivity contribution in [2.75, 3.05) is 59.3 Å². The molecule has 2 aromatic heterocycles. The Bertz CT molecular complexity index is 2330. The van der Waals surface area contributed by atoms with Gasteiger partial charge in [-0.2, -0.15) is 0 Å². The van der Waals surface area contributed by atoms with Crippen LogP contribution in [0, 0.1) is 20.8 Å². The summed E-state index contributed by atoms with van der Waals surface area (Å²) in [5.41, 5.74) is 4.81. The van der Waals surface area contributed by atoms with Gasteiger partial charge < -0.3 is 34.5 Å². The largest absolute Gasteiger partial charge is 0.483 e. The summed E-state index contributed by atoms with van der Waals surface area (Å²) in [5, 5.41) is 18.4. The molecule has 3 aliphatic heterocycles. The Hall–Kier alpha value is -5.53. The van der Waals surface area contributed by atoms with Gasteiger partial charge in [0, 0.05) is 51.7 Å². The number of aliphatic imine (C=N–C) groups is 1. The SMILES string of the molecule is Cc1sc2c(c1C)C(c1ccc(Cl)cc1)=N[C@@H](CC(=O)NCCOCCOCCOCCNC(=O)COc1cccc3c1CN(C1CCC(=O)NC1=O)C3=O)c1nnc(C)n1-2. The molecule has 1 unspecified atom stereocenters. The van der Waals surface area contributed by atoms with Gasteiger partial charge in [0.15, 0.2) is 12.4 Å². The number of thiophene rings is 1. The van der Waals surface area contributed by atoms with Gasteiger partial charge in [0.25, 0.3) is 11.8 Å². The number of fused-ring (bicyclic) bond motifs is 4. The fourth-order valence-electron chi connectivity index (χ4n) is 7.33. The van der Waals surface area contributed by atoms with Crippen LogP contribution in [-0.2, 0) is 39.9 Å². The predicted octanol–water partition coefficient (Wildman–Crippen LogP) is 3.31. The maximum absolute atomic E-state index is 13.2. The summed E-state index contributed by atoms with van der Waals surface area (Å²) < 4.78 is 24.5. The average molecular weight is 875 g/mol. The molecule has 3 aliphatic rings. The van der Waals surface area contributed by atoms with E-state index in [0.717, 1.165) is 33.2 Å². The van der Waals surface area contributed by atoms with E-state index in [-0.39, 0.29) is 69.2 Å². The van der Waals surface area contributed by atoms with E-state index < -0.39 is 18.0 Å². The first-order valence-electron chi connectivity index (χ1n) is 20.0. The number of benzene rings is 2. The molecule has 0 saturated carbocycles. The van der Waals surface area contributed by atoms with Crippen molar-refractivity contribution in [1.82, 2.24) is 35.6 Å². The second-order valence-electron chi connectivity index (χ2n) is 14.6. The standard InChI is InChI=1S/C42H47ClN8O9S/c1-24-25(2)61-42-37(24)38(27-7-9-28(43)10-8-27)46-31(39-49-48-26(3)51(39)42)21-35(53)44-13-15-57-17-19-59-20-18-58-16-14-45-36(54)23-60-33-6-4-5-29-30(33)22-50(41(29)56)32-11-12-34(52)47-40(32)55/h4-10,31-32H,11-23H2,1-3H3,(H,44,53)(H,45,54)(H,47,52,55)/t31-,32?/m0/s1. The van der Waals surface area contributed by atoms with Crippen LogP contribution in [0.4, 0.5) is 0 Å². The summed E-state index contributed by atoms with van der Waals surface area (Å²) in [6.07, 6.45) is 0.496. The van der Waals surface area contributed by atoms with Crippen LogP contribution in [0.5, 0.6) is 5.75 Å². The highest BCUT2D eigenvalue weighted by molar-refractivity contribution is 7.15. The van der Waals surface area contributed by atoms with Crippen LogP contribution in [0.15, 0.2) is 47.5 Å². The van der Waals surface area contributed by atoms with Gasteiger partial charge in [-0.25, -0.2) is 0 Å². The maximum Gasteiger partial charge on any atom is 0.258 e. The van der Waals surface area contributed by atoms with E-state index in [4.69, 9.17) is 35.5 Å². The molecule has 4 aromatic rings. The van der Waals surface area contributed by atoms with E-state index in [2.05, 4.69) is 40.0 Å². The molecule has 3 N–H and O–H groups in total. The molecule has 1 saturated heterocycles.